The third-order valence-electron chi connectivity index (χ3n) is 4.28. The van der Waals surface area contributed by atoms with Crippen molar-refractivity contribution in [1.82, 2.24) is 10.2 Å². The molecule has 0 aliphatic carbocycles. The molecule has 1 aromatic rings. The molecular formula is C18H27N3O2S. The molecule has 0 aromatic heterocycles. The van der Waals surface area contributed by atoms with Crippen LogP contribution in [0.25, 0.3) is 0 Å². The third-order valence-corrected chi connectivity index (χ3v) is 5.01. The first-order valence-electron chi connectivity index (χ1n) is 8.60. The molecule has 1 aliphatic heterocycles. The van der Waals surface area contributed by atoms with Crippen LogP contribution in [-0.2, 0) is 9.59 Å². The minimum atomic E-state index is -0.596. The maximum Gasteiger partial charge on any atom is 0.313 e. The highest BCUT2D eigenvalue weighted by Crippen LogP contribution is 2.19. The van der Waals surface area contributed by atoms with Gasteiger partial charge in [0, 0.05) is 29.7 Å². The van der Waals surface area contributed by atoms with E-state index in [-0.39, 0.29) is 6.04 Å². The van der Waals surface area contributed by atoms with E-state index in [2.05, 4.69) is 22.5 Å². The number of likely N-dealkylation sites (tertiary alicyclic amines) is 1. The van der Waals surface area contributed by atoms with Crippen LogP contribution in [0.3, 0.4) is 0 Å². The minimum absolute atomic E-state index is 0.0960. The zero-order chi connectivity index (χ0) is 17.4. The smallest absolute Gasteiger partial charge is 0.313 e. The van der Waals surface area contributed by atoms with Gasteiger partial charge in [0.25, 0.3) is 0 Å². The molecule has 1 fully saturated rings. The molecule has 2 N–H and O–H groups in total. The number of amides is 2. The SMILES string of the molecule is CCCCN1CCC(NC(=O)C(=O)Nc2cccc(SC)c2)CC1. The van der Waals surface area contributed by atoms with E-state index in [1.807, 2.05) is 24.5 Å². The summed E-state index contributed by atoms with van der Waals surface area (Å²) in [5.74, 6) is -1.14. The average molecular weight is 350 g/mol. The van der Waals surface area contributed by atoms with Crippen LogP contribution in [0.2, 0.25) is 0 Å². The number of thioether (sulfide) groups is 1. The fourth-order valence-corrected chi connectivity index (χ4v) is 3.28. The molecule has 0 saturated carbocycles. The Balaban J connectivity index is 1.77. The summed E-state index contributed by atoms with van der Waals surface area (Å²) < 4.78 is 0. The lowest BCUT2D eigenvalue weighted by atomic mass is 10.0. The third kappa shape index (κ3) is 5.83. The summed E-state index contributed by atoms with van der Waals surface area (Å²) in [7, 11) is 0. The lowest BCUT2D eigenvalue weighted by Gasteiger charge is -2.32. The first kappa shape index (κ1) is 18.8. The number of hydrogen-bond donors (Lipinski definition) is 2. The number of unbranched alkanes of at least 4 members (excludes halogenated alkanes) is 1. The Morgan fingerprint density at radius 1 is 1.25 bits per heavy atom. The molecule has 0 spiro atoms. The first-order valence-corrected chi connectivity index (χ1v) is 9.83. The van der Waals surface area contributed by atoms with Crippen molar-refractivity contribution < 1.29 is 9.59 Å². The zero-order valence-electron chi connectivity index (χ0n) is 14.5. The van der Waals surface area contributed by atoms with Crippen molar-refractivity contribution in [1.29, 1.82) is 0 Å². The van der Waals surface area contributed by atoms with Crippen molar-refractivity contribution in [3.05, 3.63) is 24.3 Å². The Hall–Kier alpha value is -1.53. The van der Waals surface area contributed by atoms with E-state index in [1.165, 1.54) is 12.8 Å². The van der Waals surface area contributed by atoms with E-state index in [9.17, 15) is 9.59 Å². The van der Waals surface area contributed by atoms with Crippen molar-refractivity contribution in [2.75, 3.05) is 31.2 Å². The molecule has 2 amide bonds. The maximum absolute atomic E-state index is 12.1. The van der Waals surface area contributed by atoms with E-state index in [1.54, 1.807) is 17.8 Å². The van der Waals surface area contributed by atoms with Gasteiger partial charge in [0.2, 0.25) is 0 Å². The Morgan fingerprint density at radius 2 is 2.00 bits per heavy atom. The molecule has 0 unspecified atom stereocenters. The lowest BCUT2D eigenvalue weighted by Crippen LogP contribution is -2.47. The van der Waals surface area contributed by atoms with Gasteiger partial charge in [-0.05, 0) is 50.3 Å². The molecule has 24 heavy (non-hydrogen) atoms. The zero-order valence-corrected chi connectivity index (χ0v) is 15.3. The summed E-state index contributed by atoms with van der Waals surface area (Å²) in [5, 5.41) is 5.53. The second-order valence-electron chi connectivity index (χ2n) is 6.13. The van der Waals surface area contributed by atoms with Gasteiger partial charge < -0.3 is 15.5 Å². The maximum atomic E-state index is 12.1. The van der Waals surface area contributed by atoms with E-state index >= 15 is 0 Å². The first-order chi connectivity index (χ1) is 11.6. The summed E-state index contributed by atoms with van der Waals surface area (Å²) in [4.78, 5) is 27.6. The van der Waals surface area contributed by atoms with Gasteiger partial charge in [-0.2, -0.15) is 0 Å². The van der Waals surface area contributed by atoms with E-state index in [4.69, 9.17) is 0 Å². The van der Waals surface area contributed by atoms with Gasteiger partial charge in [0.1, 0.15) is 0 Å². The lowest BCUT2D eigenvalue weighted by molar-refractivity contribution is -0.136. The van der Waals surface area contributed by atoms with Gasteiger partial charge in [0.05, 0.1) is 0 Å². The fourth-order valence-electron chi connectivity index (χ4n) is 2.82. The Morgan fingerprint density at radius 3 is 2.67 bits per heavy atom. The van der Waals surface area contributed by atoms with Crippen molar-refractivity contribution in [3.63, 3.8) is 0 Å². The number of hydrogen-bond acceptors (Lipinski definition) is 4. The van der Waals surface area contributed by atoms with Crippen LogP contribution in [0.1, 0.15) is 32.6 Å². The van der Waals surface area contributed by atoms with Gasteiger partial charge in [-0.15, -0.1) is 11.8 Å². The van der Waals surface area contributed by atoms with E-state index < -0.39 is 11.8 Å². The van der Waals surface area contributed by atoms with Crippen LogP contribution in [0, 0.1) is 0 Å². The summed E-state index contributed by atoms with van der Waals surface area (Å²) in [6.45, 7) is 5.30. The van der Waals surface area contributed by atoms with Gasteiger partial charge in [0.15, 0.2) is 0 Å². The van der Waals surface area contributed by atoms with Gasteiger partial charge in [-0.25, -0.2) is 0 Å². The van der Waals surface area contributed by atoms with E-state index in [0.717, 1.165) is 37.4 Å². The highest BCUT2D eigenvalue weighted by Gasteiger charge is 2.23. The predicted molar refractivity (Wildman–Crippen MR) is 99.4 cm³/mol. The summed E-state index contributed by atoms with van der Waals surface area (Å²) >= 11 is 1.60. The monoisotopic (exact) mass is 349 g/mol. The molecular weight excluding hydrogens is 322 g/mol. The van der Waals surface area contributed by atoms with Crippen LogP contribution < -0.4 is 10.6 Å². The normalized spacial score (nSPS) is 15.9. The molecule has 5 nitrogen and oxygen atoms in total. The highest BCUT2D eigenvalue weighted by atomic mass is 32.2. The van der Waals surface area contributed by atoms with Crippen LogP contribution in [0.4, 0.5) is 5.69 Å². The second-order valence-corrected chi connectivity index (χ2v) is 7.01. The molecule has 0 bridgehead atoms. The predicted octanol–water partition coefficient (Wildman–Crippen LogP) is 2.73. The number of rotatable bonds is 6. The average Bonchev–Trinajstić information content (AvgIpc) is 2.61. The van der Waals surface area contributed by atoms with Crippen molar-refractivity contribution in [2.45, 2.75) is 43.5 Å². The number of carbonyl (C=O) groups is 2. The Labute approximate surface area is 148 Å². The summed E-state index contributed by atoms with van der Waals surface area (Å²) in [6, 6.07) is 7.58. The largest absolute Gasteiger partial charge is 0.345 e. The number of anilines is 1. The van der Waals surface area contributed by atoms with Gasteiger partial charge >= 0.3 is 11.8 Å². The van der Waals surface area contributed by atoms with Gasteiger partial charge in [-0.1, -0.05) is 19.4 Å². The topological polar surface area (TPSA) is 61.4 Å². The van der Waals surface area contributed by atoms with Crippen LogP contribution >= 0.6 is 11.8 Å². The Bertz CT molecular complexity index is 557. The standard InChI is InChI=1S/C18H27N3O2S/c1-3-4-10-21-11-8-14(9-12-21)19-17(22)18(23)20-15-6-5-7-16(13-15)24-2/h5-7,13-14H,3-4,8-12H2,1-2H3,(H,19,22)(H,20,23). The quantitative estimate of drug-likeness (QED) is 0.612. The van der Waals surface area contributed by atoms with Crippen LogP contribution in [0.5, 0.6) is 0 Å². The number of carbonyl (C=O) groups excluding carboxylic acids is 2. The van der Waals surface area contributed by atoms with Crippen LogP contribution in [-0.4, -0.2) is 48.6 Å². The fraction of sp³-hybridized carbons (Fsp3) is 0.556. The molecule has 6 heteroatoms. The molecule has 2 rings (SSSR count). The molecule has 1 saturated heterocycles. The molecule has 132 valence electrons. The van der Waals surface area contributed by atoms with Gasteiger partial charge in [-0.3, -0.25) is 9.59 Å². The number of benzene rings is 1. The number of nitrogens with zero attached hydrogens (tertiary/aromatic N) is 1. The highest BCUT2D eigenvalue weighted by molar-refractivity contribution is 7.98. The molecule has 1 heterocycles. The molecule has 1 aliphatic rings. The minimum Gasteiger partial charge on any atom is -0.345 e. The molecule has 0 atom stereocenters. The van der Waals surface area contributed by atoms with E-state index in [0.29, 0.717) is 5.69 Å². The van der Waals surface area contributed by atoms with Crippen LogP contribution in [0.15, 0.2) is 29.2 Å². The number of nitrogens with one attached hydrogen (secondary N) is 2. The summed E-state index contributed by atoms with van der Waals surface area (Å²) in [6.07, 6.45) is 6.21. The number of piperidine rings is 1. The Kier molecular flexibility index (Phi) is 7.59. The molecule has 0 radical (unpaired) electrons. The second kappa shape index (κ2) is 9.69. The van der Waals surface area contributed by atoms with Crippen molar-refractivity contribution in [2.24, 2.45) is 0 Å². The van der Waals surface area contributed by atoms with Crippen molar-refractivity contribution >= 4 is 29.3 Å². The summed E-state index contributed by atoms with van der Waals surface area (Å²) in [5.41, 5.74) is 0.649. The van der Waals surface area contributed by atoms with Crippen molar-refractivity contribution in [3.8, 4) is 0 Å². The molecule has 1 aromatic carbocycles.